The van der Waals surface area contributed by atoms with Crippen LogP contribution in [0.15, 0.2) is 42.6 Å². The van der Waals surface area contributed by atoms with Crippen LogP contribution in [0.25, 0.3) is 0 Å². The molecule has 27 heavy (non-hydrogen) atoms. The number of nitrogens with zero attached hydrogens (tertiary/aromatic N) is 1. The summed E-state index contributed by atoms with van der Waals surface area (Å²) in [4.78, 5) is 27.0. The van der Waals surface area contributed by atoms with Gasteiger partial charge in [-0.3, -0.25) is 4.79 Å². The number of rotatable bonds is 5. The molecule has 1 atom stereocenters. The van der Waals surface area contributed by atoms with Crippen LogP contribution in [0.4, 0.5) is 18.0 Å². The first-order valence-corrected chi connectivity index (χ1v) is 7.83. The SMILES string of the molecule is O=C1N[C@H](C(=O)NCc2cccnc2Oc2cccc(C(F)(F)F)c2)CO1. The van der Waals surface area contributed by atoms with Gasteiger partial charge in [0, 0.05) is 18.3 Å². The van der Waals surface area contributed by atoms with Gasteiger partial charge in [0.15, 0.2) is 0 Å². The molecule has 1 aliphatic rings. The lowest BCUT2D eigenvalue weighted by Gasteiger charge is -2.13. The zero-order chi connectivity index (χ0) is 19.4. The maximum absolute atomic E-state index is 12.8. The third-order valence-corrected chi connectivity index (χ3v) is 3.67. The number of alkyl halides is 3. The predicted octanol–water partition coefficient (Wildman–Crippen LogP) is 2.62. The molecule has 10 heteroatoms. The van der Waals surface area contributed by atoms with E-state index < -0.39 is 29.8 Å². The van der Waals surface area contributed by atoms with E-state index >= 15 is 0 Å². The van der Waals surface area contributed by atoms with Gasteiger partial charge >= 0.3 is 12.3 Å². The number of aromatic nitrogens is 1. The van der Waals surface area contributed by atoms with E-state index in [9.17, 15) is 22.8 Å². The molecule has 1 aromatic carbocycles. The van der Waals surface area contributed by atoms with E-state index in [0.717, 1.165) is 12.1 Å². The zero-order valence-corrected chi connectivity index (χ0v) is 13.7. The fourth-order valence-electron chi connectivity index (χ4n) is 2.33. The number of ether oxygens (including phenoxy) is 2. The monoisotopic (exact) mass is 381 g/mol. The Morgan fingerprint density at radius 3 is 2.85 bits per heavy atom. The van der Waals surface area contributed by atoms with Crippen molar-refractivity contribution in [3.05, 3.63) is 53.7 Å². The standard InChI is InChI=1S/C17H14F3N3O4/c18-17(19,20)11-4-1-5-12(7-11)27-15-10(3-2-6-21-15)8-22-14(24)13-9-26-16(25)23-13/h1-7,13H,8-9H2,(H,22,24)(H,23,25)/t13-/m0/s1. The summed E-state index contributed by atoms with van der Waals surface area (Å²) in [5.74, 6) is -0.439. The second kappa shape index (κ2) is 7.52. The molecule has 1 fully saturated rings. The number of carbonyl (C=O) groups excluding carboxylic acids is 2. The van der Waals surface area contributed by atoms with Crippen LogP contribution in [0.3, 0.4) is 0 Å². The number of benzene rings is 1. The summed E-state index contributed by atoms with van der Waals surface area (Å²) in [6.07, 6.45) is -3.75. The third kappa shape index (κ3) is 4.66. The van der Waals surface area contributed by atoms with Crippen LogP contribution in [-0.4, -0.2) is 29.6 Å². The maximum atomic E-state index is 12.8. The van der Waals surface area contributed by atoms with Gasteiger partial charge in [-0.1, -0.05) is 12.1 Å². The first-order chi connectivity index (χ1) is 12.8. The average Bonchev–Trinajstić information content (AvgIpc) is 3.07. The molecule has 3 rings (SSSR count). The minimum Gasteiger partial charge on any atom is -0.447 e. The molecule has 2 aromatic rings. The molecule has 0 saturated carbocycles. The Hall–Kier alpha value is -3.30. The van der Waals surface area contributed by atoms with Crippen molar-refractivity contribution in [3.63, 3.8) is 0 Å². The maximum Gasteiger partial charge on any atom is 0.416 e. The Bertz CT molecular complexity index is 857. The lowest BCUT2D eigenvalue weighted by molar-refractivity contribution is -0.137. The smallest absolute Gasteiger partial charge is 0.416 e. The molecule has 1 aliphatic heterocycles. The molecule has 2 N–H and O–H groups in total. The van der Waals surface area contributed by atoms with Crippen molar-refractivity contribution >= 4 is 12.0 Å². The molecule has 0 radical (unpaired) electrons. The largest absolute Gasteiger partial charge is 0.447 e. The van der Waals surface area contributed by atoms with Crippen molar-refractivity contribution in [2.24, 2.45) is 0 Å². The fraction of sp³-hybridized carbons (Fsp3) is 0.235. The Morgan fingerprint density at radius 2 is 2.15 bits per heavy atom. The van der Waals surface area contributed by atoms with E-state index in [2.05, 4.69) is 20.4 Å². The molecule has 0 bridgehead atoms. The molecular weight excluding hydrogens is 367 g/mol. The van der Waals surface area contributed by atoms with Crippen LogP contribution in [-0.2, 0) is 22.3 Å². The van der Waals surface area contributed by atoms with Gasteiger partial charge in [0.1, 0.15) is 18.4 Å². The van der Waals surface area contributed by atoms with Crippen LogP contribution in [0.1, 0.15) is 11.1 Å². The Kier molecular flexibility index (Phi) is 5.15. The van der Waals surface area contributed by atoms with Gasteiger partial charge in [-0.05, 0) is 24.3 Å². The van der Waals surface area contributed by atoms with Crippen molar-refractivity contribution in [2.75, 3.05) is 6.61 Å². The number of cyclic esters (lactones) is 1. The molecule has 0 aliphatic carbocycles. The molecule has 1 aromatic heterocycles. The molecule has 142 valence electrons. The highest BCUT2D eigenvalue weighted by Gasteiger charge is 2.31. The van der Waals surface area contributed by atoms with Gasteiger partial charge in [-0.25, -0.2) is 9.78 Å². The Morgan fingerprint density at radius 1 is 1.33 bits per heavy atom. The fourth-order valence-corrected chi connectivity index (χ4v) is 2.33. The number of alkyl carbamates (subject to hydrolysis) is 1. The van der Waals surface area contributed by atoms with Crippen LogP contribution in [0.2, 0.25) is 0 Å². The summed E-state index contributed by atoms with van der Waals surface area (Å²) in [5, 5.41) is 4.93. The lowest BCUT2D eigenvalue weighted by atomic mass is 10.2. The average molecular weight is 381 g/mol. The van der Waals surface area contributed by atoms with Gasteiger partial charge < -0.3 is 20.1 Å². The minimum atomic E-state index is -4.49. The van der Waals surface area contributed by atoms with E-state index in [-0.39, 0.29) is 24.8 Å². The quantitative estimate of drug-likeness (QED) is 0.831. The topological polar surface area (TPSA) is 89.6 Å². The molecule has 2 amide bonds. The van der Waals surface area contributed by atoms with Gasteiger partial charge in [-0.15, -0.1) is 0 Å². The van der Waals surface area contributed by atoms with E-state index in [1.54, 1.807) is 12.1 Å². The van der Waals surface area contributed by atoms with Crippen LogP contribution in [0, 0.1) is 0 Å². The van der Waals surface area contributed by atoms with E-state index in [1.165, 1.54) is 18.3 Å². The normalized spacial score (nSPS) is 16.4. The van der Waals surface area contributed by atoms with E-state index in [4.69, 9.17) is 4.74 Å². The second-order valence-corrected chi connectivity index (χ2v) is 5.61. The number of hydrogen-bond acceptors (Lipinski definition) is 5. The number of pyridine rings is 1. The Balaban J connectivity index is 1.69. The molecular formula is C17H14F3N3O4. The predicted molar refractivity (Wildman–Crippen MR) is 85.9 cm³/mol. The van der Waals surface area contributed by atoms with Crippen LogP contribution < -0.4 is 15.4 Å². The highest BCUT2D eigenvalue weighted by atomic mass is 19.4. The number of hydrogen-bond donors (Lipinski definition) is 2. The lowest BCUT2D eigenvalue weighted by Crippen LogP contribution is -2.42. The van der Waals surface area contributed by atoms with E-state index in [1.807, 2.05) is 0 Å². The van der Waals surface area contributed by atoms with Gasteiger partial charge in [0.25, 0.3) is 0 Å². The van der Waals surface area contributed by atoms with Gasteiger partial charge in [-0.2, -0.15) is 13.2 Å². The van der Waals surface area contributed by atoms with E-state index in [0.29, 0.717) is 5.56 Å². The minimum absolute atomic E-state index is 0.00728. The number of nitrogens with one attached hydrogen (secondary N) is 2. The summed E-state index contributed by atoms with van der Waals surface area (Å²) in [6, 6.07) is 6.80. The number of carbonyl (C=O) groups is 2. The Labute approximate surface area is 151 Å². The van der Waals surface area contributed by atoms with Gasteiger partial charge in [0.2, 0.25) is 11.8 Å². The third-order valence-electron chi connectivity index (χ3n) is 3.67. The van der Waals surface area contributed by atoms with Crippen molar-refractivity contribution in [1.29, 1.82) is 0 Å². The molecule has 7 nitrogen and oxygen atoms in total. The summed E-state index contributed by atoms with van der Waals surface area (Å²) in [5.41, 5.74) is -0.392. The molecule has 1 saturated heterocycles. The number of halogens is 3. The first-order valence-electron chi connectivity index (χ1n) is 7.83. The molecule has 0 unspecified atom stereocenters. The van der Waals surface area contributed by atoms with Crippen molar-refractivity contribution < 1.29 is 32.2 Å². The van der Waals surface area contributed by atoms with Gasteiger partial charge in [0.05, 0.1) is 5.56 Å². The summed E-state index contributed by atoms with van der Waals surface area (Å²) in [7, 11) is 0. The van der Waals surface area contributed by atoms with Crippen LogP contribution >= 0.6 is 0 Å². The highest BCUT2D eigenvalue weighted by molar-refractivity contribution is 5.87. The molecule has 2 heterocycles. The first kappa shape index (κ1) is 18.5. The zero-order valence-electron chi connectivity index (χ0n) is 13.7. The summed E-state index contributed by atoms with van der Waals surface area (Å²) < 4.78 is 48.5. The second-order valence-electron chi connectivity index (χ2n) is 5.61. The molecule has 0 spiro atoms. The summed E-state index contributed by atoms with van der Waals surface area (Å²) >= 11 is 0. The van der Waals surface area contributed by atoms with Crippen molar-refractivity contribution in [3.8, 4) is 11.6 Å². The van der Waals surface area contributed by atoms with Crippen molar-refractivity contribution in [1.82, 2.24) is 15.6 Å². The van der Waals surface area contributed by atoms with Crippen LogP contribution in [0.5, 0.6) is 11.6 Å². The number of amides is 2. The van der Waals surface area contributed by atoms with Crippen molar-refractivity contribution in [2.45, 2.75) is 18.8 Å². The highest BCUT2D eigenvalue weighted by Crippen LogP contribution is 2.32. The summed E-state index contributed by atoms with van der Waals surface area (Å²) in [6.45, 7) is -0.0708.